The van der Waals surface area contributed by atoms with Crippen molar-refractivity contribution in [1.82, 2.24) is 4.90 Å². The highest BCUT2D eigenvalue weighted by Crippen LogP contribution is 2.06. The molecule has 0 unspecified atom stereocenters. The van der Waals surface area contributed by atoms with Crippen LogP contribution in [0.5, 0.6) is 0 Å². The normalized spacial score (nSPS) is 11.7. The summed E-state index contributed by atoms with van der Waals surface area (Å²) < 4.78 is 0. The maximum Gasteiger partial charge on any atom is 0.121 e. The molecule has 0 bridgehead atoms. The van der Waals surface area contributed by atoms with E-state index in [1.54, 1.807) is 0 Å². The van der Waals surface area contributed by atoms with Gasteiger partial charge in [-0.15, -0.1) is 0 Å². The minimum atomic E-state index is 0.677. The Morgan fingerprint density at radius 3 is 1.73 bits per heavy atom. The van der Waals surface area contributed by atoms with Crippen LogP contribution >= 0.6 is 0 Å². The second-order valence-electron chi connectivity index (χ2n) is 5.16. The van der Waals surface area contributed by atoms with Gasteiger partial charge in [0.05, 0.1) is 0 Å². The van der Waals surface area contributed by atoms with E-state index >= 15 is 0 Å². The molecule has 0 aliphatic heterocycles. The van der Waals surface area contributed by atoms with Crippen molar-refractivity contribution in [1.29, 1.82) is 0 Å². The van der Waals surface area contributed by atoms with Crippen LogP contribution in [0.1, 0.15) is 47.0 Å². The van der Waals surface area contributed by atoms with E-state index < -0.39 is 0 Å². The largest absolute Gasteiger partial charge is 0.303 e. The molecule has 0 saturated carbocycles. The Bertz CT molecular complexity index is 143. The molecular weight excluding hydrogens is 186 g/mol. The van der Waals surface area contributed by atoms with Gasteiger partial charge in [-0.25, -0.2) is 0 Å². The predicted molar refractivity (Wildman–Crippen MR) is 66.0 cm³/mol. The molecule has 0 aromatic carbocycles. The molecule has 0 amide bonds. The molecule has 0 saturated heterocycles. The summed E-state index contributed by atoms with van der Waals surface area (Å²) in [6, 6.07) is 0. The smallest absolute Gasteiger partial charge is 0.121 e. The fraction of sp³-hybridized carbons (Fsp3) is 0.923. The second kappa shape index (κ2) is 8.90. The molecule has 90 valence electrons. The van der Waals surface area contributed by atoms with Gasteiger partial charge in [0.15, 0.2) is 0 Å². The Morgan fingerprint density at radius 2 is 1.40 bits per heavy atom. The van der Waals surface area contributed by atoms with Crippen molar-refractivity contribution in [3.05, 3.63) is 0 Å². The maximum absolute atomic E-state index is 10.4. The average molecular weight is 213 g/mol. The fourth-order valence-electron chi connectivity index (χ4n) is 1.45. The summed E-state index contributed by atoms with van der Waals surface area (Å²) in [7, 11) is 0. The third-order valence-corrected chi connectivity index (χ3v) is 2.61. The van der Waals surface area contributed by atoms with Gasteiger partial charge in [0.2, 0.25) is 0 Å². The number of carbonyl (C=O) groups is 1. The van der Waals surface area contributed by atoms with Gasteiger partial charge >= 0.3 is 0 Å². The molecule has 2 nitrogen and oxygen atoms in total. The Balaban J connectivity index is 3.77. The predicted octanol–water partition coefficient (Wildman–Crippen LogP) is 2.97. The van der Waals surface area contributed by atoms with Gasteiger partial charge in [0.1, 0.15) is 6.29 Å². The summed E-state index contributed by atoms with van der Waals surface area (Å²) in [5, 5.41) is 0. The lowest BCUT2D eigenvalue weighted by Gasteiger charge is -2.23. The molecule has 0 rings (SSSR count). The quantitative estimate of drug-likeness (QED) is 0.549. The Kier molecular flexibility index (Phi) is 8.68. The van der Waals surface area contributed by atoms with Gasteiger partial charge < -0.3 is 9.69 Å². The van der Waals surface area contributed by atoms with Gasteiger partial charge in [0.25, 0.3) is 0 Å². The number of hydrogen-bond donors (Lipinski definition) is 0. The van der Waals surface area contributed by atoms with E-state index in [0.717, 1.165) is 37.8 Å². The van der Waals surface area contributed by atoms with E-state index in [0.29, 0.717) is 6.42 Å². The molecule has 2 heteroatoms. The summed E-state index contributed by atoms with van der Waals surface area (Å²) in [4.78, 5) is 12.8. The van der Waals surface area contributed by atoms with Crippen LogP contribution in [0.15, 0.2) is 0 Å². The SMILES string of the molecule is CC(C)CCN(CCC=O)CCC(C)C. The first kappa shape index (κ1) is 14.6. The fourth-order valence-corrected chi connectivity index (χ4v) is 1.45. The highest BCUT2D eigenvalue weighted by atomic mass is 16.1. The zero-order valence-corrected chi connectivity index (χ0v) is 10.8. The monoisotopic (exact) mass is 213 g/mol. The van der Waals surface area contributed by atoms with Crippen molar-refractivity contribution in [2.45, 2.75) is 47.0 Å². The van der Waals surface area contributed by atoms with E-state index in [2.05, 4.69) is 32.6 Å². The molecule has 0 aliphatic rings. The van der Waals surface area contributed by atoms with Crippen molar-refractivity contribution < 1.29 is 4.79 Å². The molecule has 15 heavy (non-hydrogen) atoms. The molecule has 0 aromatic heterocycles. The van der Waals surface area contributed by atoms with Crippen molar-refractivity contribution in [2.24, 2.45) is 11.8 Å². The number of rotatable bonds is 9. The molecule has 0 fully saturated rings. The third kappa shape index (κ3) is 9.92. The topological polar surface area (TPSA) is 20.3 Å². The first-order valence-corrected chi connectivity index (χ1v) is 6.22. The van der Waals surface area contributed by atoms with Gasteiger partial charge in [0, 0.05) is 13.0 Å². The van der Waals surface area contributed by atoms with Gasteiger partial charge in [-0.05, 0) is 37.8 Å². The average Bonchev–Trinajstić information content (AvgIpc) is 2.16. The standard InChI is InChI=1S/C13H27NO/c1-12(2)6-9-14(8-5-11-15)10-7-13(3)4/h11-13H,5-10H2,1-4H3. The van der Waals surface area contributed by atoms with Crippen molar-refractivity contribution in [3.63, 3.8) is 0 Å². The van der Waals surface area contributed by atoms with Gasteiger partial charge in [-0.2, -0.15) is 0 Å². The van der Waals surface area contributed by atoms with Crippen LogP contribution in [-0.4, -0.2) is 30.8 Å². The van der Waals surface area contributed by atoms with Crippen LogP contribution in [-0.2, 0) is 4.79 Å². The summed E-state index contributed by atoms with van der Waals surface area (Å²) in [5.74, 6) is 1.51. The van der Waals surface area contributed by atoms with Gasteiger partial charge in [-0.1, -0.05) is 27.7 Å². The van der Waals surface area contributed by atoms with Crippen LogP contribution in [0.4, 0.5) is 0 Å². The number of hydrogen-bond acceptors (Lipinski definition) is 2. The lowest BCUT2D eigenvalue weighted by atomic mass is 10.1. The summed E-state index contributed by atoms with van der Waals surface area (Å²) in [5.41, 5.74) is 0. The number of carbonyl (C=O) groups excluding carboxylic acids is 1. The summed E-state index contributed by atoms with van der Waals surface area (Å²) in [6.07, 6.45) is 4.17. The molecule has 0 heterocycles. The Labute approximate surface area is 95.0 Å². The van der Waals surface area contributed by atoms with Crippen LogP contribution in [0.3, 0.4) is 0 Å². The molecule has 0 atom stereocenters. The first-order chi connectivity index (χ1) is 7.06. The summed E-state index contributed by atoms with van der Waals surface area (Å²) in [6.45, 7) is 12.2. The van der Waals surface area contributed by atoms with Crippen molar-refractivity contribution in [3.8, 4) is 0 Å². The minimum Gasteiger partial charge on any atom is -0.303 e. The number of nitrogens with zero attached hydrogens (tertiary/aromatic N) is 1. The van der Waals surface area contributed by atoms with Crippen LogP contribution in [0, 0.1) is 11.8 Å². The van der Waals surface area contributed by atoms with E-state index in [4.69, 9.17) is 0 Å². The van der Waals surface area contributed by atoms with E-state index in [1.807, 2.05) is 0 Å². The lowest BCUT2D eigenvalue weighted by Crippen LogP contribution is -2.29. The Hall–Kier alpha value is -0.370. The lowest BCUT2D eigenvalue weighted by molar-refractivity contribution is -0.108. The van der Waals surface area contributed by atoms with Crippen LogP contribution < -0.4 is 0 Å². The highest BCUT2D eigenvalue weighted by molar-refractivity contribution is 5.49. The third-order valence-electron chi connectivity index (χ3n) is 2.61. The van der Waals surface area contributed by atoms with Crippen molar-refractivity contribution >= 4 is 6.29 Å². The van der Waals surface area contributed by atoms with Crippen LogP contribution in [0.2, 0.25) is 0 Å². The zero-order valence-electron chi connectivity index (χ0n) is 10.8. The minimum absolute atomic E-state index is 0.677. The van der Waals surface area contributed by atoms with E-state index in [-0.39, 0.29) is 0 Å². The highest BCUT2D eigenvalue weighted by Gasteiger charge is 2.06. The molecule has 0 spiro atoms. The molecule has 0 aliphatic carbocycles. The Morgan fingerprint density at radius 1 is 0.933 bits per heavy atom. The zero-order chi connectivity index (χ0) is 11.7. The molecular formula is C13H27NO. The molecule has 0 aromatic rings. The molecule has 0 radical (unpaired) electrons. The number of aldehydes is 1. The van der Waals surface area contributed by atoms with Crippen molar-refractivity contribution in [2.75, 3.05) is 19.6 Å². The maximum atomic E-state index is 10.4. The van der Waals surface area contributed by atoms with E-state index in [9.17, 15) is 4.79 Å². The van der Waals surface area contributed by atoms with Crippen LogP contribution in [0.25, 0.3) is 0 Å². The van der Waals surface area contributed by atoms with E-state index in [1.165, 1.54) is 12.8 Å². The molecule has 0 N–H and O–H groups in total. The second-order valence-corrected chi connectivity index (χ2v) is 5.16. The van der Waals surface area contributed by atoms with Gasteiger partial charge in [-0.3, -0.25) is 0 Å². The summed E-state index contributed by atoms with van der Waals surface area (Å²) >= 11 is 0. The first-order valence-electron chi connectivity index (χ1n) is 6.22.